The Labute approximate surface area is 188 Å². The summed E-state index contributed by atoms with van der Waals surface area (Å²) in [5.41, 5.74) is 6.19. The zero-order valence-corrected chi connectivity index (χ0v) is 19.6. The maximum Gasteiger partial charge on any atom is 0.251 e. The summed E-state index contributed by atoms with van der Waals surface area (Å²) in [5.74, 6) is 0.0364. The van der Waals surface area contributed by atoms with E-state index < -0.39 is 0 Å². The van der Waals surface area contributed by atoms with E-state index in [2.05, 4.69) is 53.8 Å². The first-order valence-corrected chi connectivity index (χ1v) is 12.4. The second-order valence-electron chi connectivity index (χ2n) is 9.68. The fourth-order valence-corrected chi connectivity index (χ4v) is 5.63. The molecule has 168 valence electrons. The molecule has 4 rings (SSSR count). The second kappa shape index (κ2) is 10.0. The Morgan fingerprint density at radius 3 is 2.45 bits per heavy atom. The number of fused-ring (bicyclic) bond motifs is 1. The maximum absolute atomic E-state index is 12.6. The zero-order valence-electron chi connectivity index (χ0n) is 19.6. The van der Waals surface area contributed by atoms with Gasteiger partial charge in [-0.1, -0.05) is 12.8 Å². The fourth-order valence-electron chi connectivity index (χ4n) is 5.63. The number of rotatable bonds is 6. The maximum atomic E-state index is 12.6. The van der Waals surface area contributed by atoms with E-state index in [1.807, 2.05) is 12.1 Å². The summed E-state index contributed by atoms with van der Waals surface area (Å²) in [6, 6.07) is 11.8. The van der Waals surface area contributed by atoms with E-state index in [9.17, 15) is 4.79 Å². The first-order chi connectivity index (χ1) is 15.0. The average molecular weight is 422 g/mol. The molecule has 0 bridgehead atoms. The summed E-state index contributed by atoms with van der Waals surface area (Å²) in [4.78, 5) is 15.2. The SMILES string of the molecule is Cc1cc2c(n1-c1ccc(C(=O)NCCCN3C(C)CCCC3C)cc1)CCCCC2. The molecule has 0 saturated carbocycles. The van der Waals surface area contributed by atoms with E-state index >= 15 is 0 Å². The van der Waals surface area contributed by atoms with Crippen LogP contribution in [0.2, 0.25) is 0 Å². The van der Waals surface area contributed by atoms with Crippen LogP contribution in [0.3, 0.4) is 0 Å². The Morgan fingerprint density at radius 1 is 1.00 bits per heavy atom. The van der Waals surface area contributed by atoms with Crippen molar-refractivity contribution < 1.29 is 4.79 Å². The van der Waals surface area contributed by atoms with Gasteiger partial charge in [-0.2, -0.15) is 0 Å². The van der Waals surface area contributed by atoms with E-state index in [1.165, 1.54) is 67.6 Å². The molecule has 0 radical (unpaired) electrons. The average Bonchev–Trinajstić information content (AvgIpc) is 2.91. The minimum Gasteiger partial charge on any atom is -0.352 e. The summed E-state index contributed by atoms with van der Waals surface area (Å²) >= 11 is 0. The van der Waals surface area contributed by atoms with Gasteiger partial charge in [-0.25, -0.2) is 0 Å². The molecule has 1 aromatic heterocycles. The van der Waals surface area contributed by atoms with Crippen LogP contribution in [0, 0.1) is 6.92 Å². The van der Waals surface area contributed by atoms with Crippen molar-refractivity contribution in [2.24, 2.45) is 0 Å². The number of nitrogens with zero attached hydrogens (tertiary/aromatic N) is 2. The largest absolute Gasteiger partial charge is 0.352 e. The van der Waals surface area contributed by atoms with Crippen molar-refractivity contribution in [3.63, 3.8) is 0 Å². The summed E-state index contributed by atoms with van der Waals surface area (Å²) in [6.45, 7) is 8.67. The number of carbonyl (C=O) groups excluding carboxylic acids is 1. The first-order valence-electron chi connectivity index (χ1n) is 12.4. The van der Waals surface area contributed by atoms with Crippen molar-refractivity contribution in [1.29, 1.82) is 0 Å². The van der Waals surface area contributed by atoms with Crippen molar-refractivity contribution >= 4 is 5.91 Å². The molecule has 1 fully saturated rings. The highest BCUT2D eigenvalue weighted by Gasteiger charge is 2.23. The van der Waals surface area contributed by atoms with E-state index in [-0.39, 0.29) is 5.91 Å². The van der Waals surface area contributed by atoms with Crippen LogP contribution < -0.4 is 5.32 Å². The number of amides is 1. The molecule has 2 aliphatic rings. The number of benzene rings is 1. The molecular weight excluding hydrogens is 382 g/mol. The predicted molar refractivity (Wildman–Crippen MR) is 128 cm³/mol. The van der Waals surface area contributed by atoms with Crippen molar-refractivity contribution in [2.75, 3.05) is 13.1 Å². The van der Waals surface area contributed by atoms with Crippen LogP contribution in [0.5, 0.6) is 0 Å². The lowest BCUT2D eigenvalue weighted by molar-refractivity contribution is 0.0925. The fraction of sp³-hybridized carbons (Fsp3) is 0.593. The van der Waals surface area contributed by atoms with Crippen LogP contribution in [-0.4, -0.2) is 40.5 Å². The lowest BCUT2D eigenvalue weighted by Crippen LogP contribution is -2.44. The first kappa shape index (κ1) is 22.1. The molecule has 1 N–H and O–H groups in total. The molecule has 31 heavy (non-hydrogen) atoms. The summed E-state index contributed by atoms with van der Waals surface area (Å²) in [7, 11) is 0. The summed E-state index contributed by atoms with van der Waals surface area (Å²) < 4.78 is 2.39. The normalized spacial score (nSPS) is 22.0. The van der Waals surface area contributed by atoms with Crippen LogP contribution in [-0.2, 0) is 12.8 Å². The van der Waals surface area contributed by atoms with Gasteiger partial charge in [-0.3, -0.25) is 9.69 Å². The van der Waals surface area contributed by atoms with Gasteiger partial charge in [0.05, 0.1) is 0 Å². The van der Waals surface area contributed by atoms with Gasteiger partial charge in [0.15, 0.2) is 0 Å². The summed E-state index contributed by atoms with van der Waals surface area (Å²) in [5, 5.41) is 3.12. The standard InChI is InChI=1S/C27H39N3O/c1-20-9-7-10-21(2)29(20)18-8-17-28-27(31)23-13-15-25(16-14-23)30-22(3)19-24-11-5-4-6-12-26(24)30/h13-16,19-21H,4-12,17-18H2,1-3H3,(H,28,31). The molecule has 1 aliphatic heterocycles. The number of likely N-dealkylation sites (tertiary alicyclic amines) is 1. The quantitative estimate of drug-likeness (QED) is 0.498. The molecule has 0 spiro atoms. The van der Waals surface area contributed by atoms with Crippen LogP contribution in [0.25, 0.3) is 5.69 Å². The van der Waals surface area contributed by atoms with E-state index in [0.717, 1.165) is 31.5 Å². The van der Waals surface area contributed by atoms with E-state index in [1.54, 1.807) is 0 Å². The van der Waals surface area contributed by atoms with Gasteiger partial charge in [0.2, 0.25) is 0 Å². The molecular formula is C27H39N3O. The topological polar surface area (TPSA) is 37.3 Å². The Hall–Kier alpha value is -2.07. The van der Waals surface area contributed by atoms with Crippen molar-refractivity contribution in [2.45, 2.75) is 90.6 Å². The van der Waals surface area contributed by atoms with E-state index in [4.69, 9.17) is 0 Å². The van der Waals surface area contributed by atoms with Crippen LogP contribution in [0.1, 0.15) is 86.1 Å². The van der Waals surface area contributed by atoms with Gasteiger partial charge < -0.3 is 9.88 Å². The van der Waals surface area contributed by atoms with Crippen LogP contribution in [0.15, 0.2) is 30.3 Å². The Kier molecular flexibility index (Phi) is 7.16. The second-order valence-corrected chi connectivity index (χ2v) is 9.68. The molecule has 2 aromatic rings. The van der Waals surface area contributed by atoms with Crippen molar-refractivity contribution in [3.05, 3.63) is 52.8 Å². The van der Waals surface area contributed by atoms with Crippen LogP contribution in [0.4, 0.5) is 0 Å². The highest BCUT2D eigenvalue weighted by molar-refractivity contribution is 5.94. The molecule has 1 aromatic carbocycles. The monoisotopic (exact) mass is 421 g/mol. The number of aryl methyl sites for hydroxylation is 2. The number of carbonyl (C=O) groups is 1. The molecule has 4 nitrogen and oxygen atoms in total. The number of piperidine rings is 1. The number of nitrogens with one attached hydrogen (secondary N) is 1. The minimum atomic E-state index is 0.0364. The third-order valence-corrected chi connectivity index (χ3v) is 7.38. The van der Waals surface area contributed by atoms with Gasteiger partial charge in [-0.15, -0.1) is 0 Å². The highest BCUT2D eigenvalue weighted by atomic mass is 16.1. The molecule has 1 amide bonds. The lowest BCUT2D eigenvalue weighted by Gasteiger charge is -2.39. The molecule has 4 heteroatoms. The van der Waals surface area contributed by atoms with Gasteiger partial charge in [0, 0.05) is 47.8 Å². The number of hydrogen-bond acceptors (Lipinski definition) is 2. The molecule has 2 unspecified atom stereocenters. The smallest absolute Gasteiger partial charge is 0.251 e. The Morgan fingerprint density at radius 2 is 1.71 bits per heavy atom. The Bertz CT molecular complexity index is 873. The number of aromatic nitrogens is 1. The Balaban J connectivity index is 1.33. The molecule has 2 atom stereocenters. The molecule has 1 aliphatic carbocycles. The van der Waals surface area contributed by atoms with Crippen LogP contribution >= 0.6 is 0 Å². The van der Waals surface area contributed by atoms with Crippen molar-refractivity contribution in [1.82, 2.24) is 14.8 Å². The third-order valence-electron chi connectivity index (χ3n) is 7.38. The minimum absolute atomic E-state index is 0.0364. The highest BCUT2D eigenvalue weighted by Crippen LogP contribution is 2.27. The van der Waals surface area contributed by atoms with Gasteiger partial charge >= 0.3 is 0 Å². The predicted octanol–water partition coefficient (Wildman–Crippen LogP) is 5.44. The third kappa shape index (κ3) is 5.06. The summed E-state index contributed by atoms with van der Waals surface area (Å²) in [6.07, 6.45) is 11.2. The van der Waals surface area contributed by atoms with Gasteiger partial charge in [0.1, 0.15) is 0 Å². The van der Waals surface area contributed by atoms with Gasteiger partial charge in [-0.05, 0) is 102 Å². The molecule has 2 heterocycles. The zero-order chi connectivity index (χ0) is 21.8. The van der Waals surface area contributed by atoms with E-state index in [0.29, 0.717) is 12.1 Å². The van der Waals surface area contributed by atoms with Gasteiger partial charge in [0.25, 0.3) is 5.91 Å². The van der Waals surface area contributed by atoms with Crippen molar-refractivity contribution in [3.8, 4) is 5.69 Å². The molecule has 1 saturated heterocycles. The lowest BCUT2D eigenvalue weighted by atomic mass is 9.97. The number of hydrogen-bond donors (Lipinski definition) is 1.